The Bertz CT molecular complexity index is 1010. The van der Waals surface area contributed by atoms with E-state index < -0.39 is 23.1 Å². The van der Waals surface area contributed by atoms with Crippen LogP contribution < -0.4 is 10.2 Å². The molecule has 1 N–H and O–H groups in total. The Morgan fingerprint density at radius 3 is 2.22 bits per heavy atom. The maximum absolute atomic E-state index is 13.4. The van der Waals surface area contributed by atoms with Gasteiger partial charge in [-0.2, -0.15) is 0 Å². The summed E-state index contributed by atoms with van der Waals surface area (Å²) in [7, 11) is 0. The summed E-state index contributed by atoms with van der Waals surface area (Å²) < 4.78 is 32.2. The standard InChI is InChI=1S/C23H26F2N4O3/c1-23(2,3)32-22(31)29-12-15-10-28(11-16(15)13-29)20-4-14(8-26-9-20)21(30)27-19-6-17(24)5-18(25)7-19/h4-9,15-16H,10-13H2,1-3H3,(H,27,30)/t15-,16+. The molecule has 0 radical (unpaired) electrons. The minimum Gasteiger partial charge on any atom is -0.444 e. The fraction of sp³-hybridized carbons (Fsp3) is 0.435. The Balaban J connectivity index is 1.39. The van der Waals surface area contributed by atoms with Gasteiger partial charge in [-0.05, 0) is 39.0 Å². The van der Waals surface area contributed by atoms with Crippen LogP contribution in [0.3, 0.4) is 0 Å². The highest BCUT2D eigenvalue weighted by atomic mass is 19.1. The Labute approximate surface area is 185 Å². The summed E-state index contributed by atoms with van der Waals surface area (Å²) >= 11 is 0. The Kier molecular flexibility index (Phi) is 5.75. The molecule has 2 aliphatic rings. The van der Waals surface area contributed by atoms with Gasteiger partial charge in [-0.25, -0.2) is 13.6 Å². The summed E-state index contributed by atoms with van der Waals surface area (Å²) in [4.78, 5) is 33.0. The molecule has 4 rings (SSSR count). The lowest BCUT2D eigenvalue weighted by Crippen LogP contribution is -2.37. The predicted molar refractivity (Wildman–Crippen MR) is 116 cm³/mol. The topological polar surface area (TPSA) is 74.8 Å². The third-order valence-electron chi connectivity index (χ3n) is 5.61. The molecule has 2 atom stereocenters. The van der Waals surface area contributed by atoms with Crippen molar-refractivity contribution in [2.75, 3.05) is 36.4 Å². The van der Waals surface area contributed by atoms with Crippen molar-refractivity contribution in [2.24, 2.45) is 11.8 Å². The molecule has 3 heterocycles. The molecule has 0 spiro atoms. The molecule has 0 aliphatic carbocycles. The lowest BCUT2D eigenvalue weighted by molar-refractivity contribution is 0.0282. The van der Waals surface area contributed by atoms with Crippen molar-refractivity contribution in [1.29, 1.82) is 0 Å². The molecule has 9 heteroatoms. The van der Waals surface area contributed by atoms with Crippen molar-refractivity contribution >= 4 is 23.4 Å². The first-order valence-electron chi connectivity index (χ1n) is 10.5. The summed E-state index contributed by atoms with van der Waals surface area (Å²) in [6.07, 6.45) is 2.81. The minimum absolute atomic E-state index is 0.0378. The maximum Gasteiger partial charge on any atom is 0.410 e. The Morgan fingerprint density at radius 1 is 1.00 bits per heavy atom. The number of benzene rings is 1. The molecule has 0 saturated carbocycles. The van der Waals surface area contributed by atoms with Crippen molar-refractivity contribution in [3.05, 3.63) is 53.9 Å². The molecule has 2 aromatic rings. The third-order valence-corrected chi connectivity index (χ3v) is 5.61. The molecular formula is C23H26F2N4O3. The van der Waals surface area contributed by atoms with Gasteiger partial charge < -0.3 is 19.9 Å². The number of carbonyl (C=O) groups excluding carboxylic acids is 2. The summed E-state index contributed by atoms with van der Waals surface area (Å²) in [6.45, 7) is 8.31. The number of ether oxygens (including phenoxy) is 1. The van der Waals surface area contributed by atoms with Gasteiger partial charge in [0.25, 0.3) is 5.91 Å². The number of fused-ring (bicyclic) bond motifs is 1. The number of amides is 2. The summed E-state index contributed by atoms with van der Waals surface area (Å²) in [5, 5.41) is 2.50. The number of carbonyl (C=O) groups is 2. The second-order valence-electron chi connectivity index (χ2n) is 9.35. The molecule has 0 unspecified atom stereocenters. The number of nitrogens with zero attached hydrogens (tertiary/aromatic N) is 3. The molecular weight excluding hydrogens is 418 g/mol. The van der Waals surface area contributed by atoms with E-state index in [-0.39, 0.29) is 11.8 Å². The number of rotatable bonds is 3. The van der Waals surface area contributed by atoms with Gasteiger partial charge in [0.2, 0.25) is 0 Å². The second kappa shape index (κ2) is 8.37. The van der Waals surface area contributed by atoms with Crippen LogP contribution in [-0.4, -0.2) is 53.7 Å². The lowest BCUT2D eigenvalue weighted by atomic mass is 10.0. The van der Waals surface area contributed by atoms with Crippen LogP contribution in [0.5, 0.6) is 0 Å². The first-order chi connectivity index (χ1) is 15.1. The van der Waals surface area contributed by atoms with E-state index >= 15 is 0 Å². The minimum atomic E-state index is -0.767. The zero-order valence-corrected chi connectivity index (χ0v) is 18.3. The summed E-state index contributed by atoms with van der Waals surface area (Å²) in [5.74, 6) is -1.40. The van der Waals surface area contributed by atoms with Gasteiger partial charge in [-0.3, -0.25) is 9.78 Å². The quantitative estimate of drug-likeness (QED) is 0.777. The van der Waals surface area contributed by atoms with Gasteiger partial charge in [0.05, 0.1) is 17.4 Å². The van der Waals surface area contributed by atoms with E-state index in [0.29, 0.717) is 30.5 Å². The van der Waals surface area contributed by atoms with E-state index in [9.17, 15) is 18.4 Å². The van der Waals surface area contributed by atoms with E-state index in [1.165, 1.54) is 6.20 Å². The van der Waals surface area contributed by atoms with E-state index in [0.717, 1.165) is 37.0 Å². The normalized spacial score (nSPS) is 20.3. The molecule has 0 bridgehead atoms. The number of hydrogen-bond donors (Lipinski definition) is 1. The maximum atomic E-state index is 13.4. The zero-order valence-electron chi connectivity index (χ0n) is 18.3. The summed E-state index contributed by atoms with van der Waals surface area (Å²) in [5.41, 5.74) is 0.599. The fourth-order valence-electron chi connectivity index (χ4n) is 4.23. The smallest absolute Gasteiger partial charge is 0.410 e. The zero-order chi connectivity index (χ0) is 23.0. The van der Waals surface area contributed by atoms with Gasteiger partial charge >= 0.3 is 6.09 Å². The van der Waals surface area contributed by atoms with Gasteiger partial charge in [-0.1, -0.05) is 0 Å². The van der Waals surface area contributed by atoms with Crippen molar-refractivity contribution in [2.45, 2.75) is 26.4 Å². The average Bonchev–Trinajstić information content (AvgIpc) is 3.25. The Morgan fingerprint density at radius 2 is 1.62 bits per heavy atom. The van der Waals surface area contributed by atoms with Crippen LogP contribution in [0.15, 0.2) is 36.7 Å². The molecule has 32 heavy (non-hydrogen) atoms. The van der Waals surface area contributed by atoms with Crippen LogP contribution in [0.25, 0.3) is 0 Å². The number of likely N-dealkylation sites (tertiary alicyclic amines) is 1. The number of pyridine rings is 1. The second-order valence-corrected chi connectivity index (χ2v) is 9.35. The number of aromatic nitrogens is 1. The van der Waals surface area contributed by atoms with Gasteiger partial charge in [0, 0.05) is 56.0 Å². The molecule has 1 aromatic carbocycles. The number of nitrogens with one attached hydrogen (secondary N) is 1. The molecule has 170 valence electrons. The highest BCUT2D eigenvalue weighted by molar-refractivity contribution is 6.04. The average molecular weight is 444 g/mol. The fourth-order valence-corrected chi connectivity index (χ4v) is 4.23. The van der Waals surface area contributed by atoms with E-state index in [2.05, 4.69) is 15.2 Å². The van der Waals surface area contributed by atoms with Crippen LogP contribution in [-0.2, 0) is 4.74 Å². The van der Waals surface area contributed by atoms with E-state index in [4.69, 9.17) is 4.74 Å². The number of anilines is 2. The van der Waals surface area contributed by atoms with Crippen molar-refractivity contribution in [3.63, 3.8) is 0 Å². The van der Waals surface area contributed by atoms with Gasteiger partial charge in [-0.15, -0.1) is 0 Å². The highest BCUT2D eigenvalue weighted by Crippen LogP contribution is 2.34. The van der Waals surface area contributed by atoms with Crippen molar-refractivity contribution in [3.8, 4) is 0 Å². The molecule has 1 aromatic heterocycles. The third kappa shape index (κ3) is 4.98. The molecule has 2 fully saturated rings. The number of halogens is 2. The van der Waals surface area contributed by atoms with Gasteiger partial charge in [0.1, 0.15) is 17.2 Å². The van der Waals surface area contributed by atoms with E-state index in [1.54, 1.807) is 17.2 Å². The van der Waals surface area contributed by atoms with Crippen molar-refractivity contribution in [1.82, 2.24) is 9.88 Å². The van der Waals surface area contributed by atoms with Gasteiger partial charge in [0.15, 0.2) is 0 Å². The highest BCUT2D eigenvalue weighted by Gasteiger charge is 2.42. The van der Waals surface area contributed by atoms with Crippen LogP contribution >= 0.6 is 0 Å². The first kappa shape index (κ1) is 22.0. The molecule has 7 nitrogen and oxygen atoms in total. The van der Waals surface area contributed by atoms with Crippen LogP contribution in [0.2, 0.25) is 0 Å². The van der Waals surface area contributed by atoms with Crippen molar-refractivity contribution < 1.29 is 23.1 Å². The molecule has 2 saturated heterocycles. The molecule has 2 amide bonds. The lowest BCUT2D eigenvalue weighted by Gasteiger charge is -2.26. The van der Waals surface area contributed by atoms with Crippen LogP contribution in [0, 0.1) is 23.5 Å². The first-order valence-corrected chi connectivity index (χ1v) is 10.5. The van der Waals surface area contributed by atoms with E-state index in [1.807, 2.05) is 20.8 Å². The van der Waals surface area contributed by atoms with Crippen LogP contribution in [0.4, 0.5) is 25.0 Å². The SMILES string of the molecule is CC(C)(C)OC(=O)N1C[C@@H]2CN(c3cncc(C(=O)Nc4cc(F)cc(F)c4)c3)C[C@@H]2C1. The predicted octanol–water partition coefficient (Wildman–Crippen LogP) is 3.92. The molecule has 2 aliphatic heterocycles. The largest absolute Gasteiger partial charge is 0.444 e. The Hall–Kier alpha value is -3.23. The van der Waals surface area contributed by atoms with Crippen LogP contribution in [0.1, 0.15) is 31.1 Å². The number of hydrogen-bond acceptors (Lipinski definition) is 5. The summed E-state index contributed by atoms with van der Waals surface area (Å²) in [6, 6.07) is 4.56. The monoisotopic (exact) mass is 444 g/mol.